The second-order valence-electron chi connectivity index (χ2n) is 4.96. The zero-order valence-corrected chi connectivity index (χ0v) is 10.0. The summed E-state index contributed by atoms with van der Waals surface area (Å²) < 4.78 is 0.377. The molecule has 1 aromatic carbocycles. The third-order valence-corrected chi connectivity index (χ3v) is 4.05. The summed E-state index contributed by atoms with van der Waals surface area (Å²) in [6, 6.07) is 8.90. The van der Waals surface area contributed by atoms with Gasteiger partial charge in [0.2, 0.25) is 0 Å². The lowest BCUT2D eigenvalue weighted by atomic mass is 10.1. The molecule has 0 aromatic heterocycles. The molecule has 0 fully saturated rings. The van der Waals surface area contributed by atoms with Gasteiger partial charge in [-0.15, -0.1) is 11.8 Å². The molecule has 1 aromatic rings. The van der Waals surface area contributed by atoms with Gasteiger partial charge in [-0.3, -0.25) is 0 Å². The number of thioether (sulfide) groups is 1. The highest BCUT2D eigenvalue weighted by Crippen LogP contribution is 2.46. The van der Waals surface area contributed by atoms with E-state index in [1.807, 2.05) is 0 Å². The van der Waals surface area contributed by atoms with E-state index >= 15 is 0 Å². The Balaban J connectivity index is 2.18. The summed E-state index contributed by atoms with van der Waals surface area (Å²) in [7, 11) is 0. The molecule has 0 N–H and O–H groups in total. The monoisotopic (exact) mass is 206 g/mol. The topological polar surface area (TPSA) is 0 Å². The van der Waals surface area contributed by atoms with Crippen molar-refractivity contribution >= 4 is 11.8 Å². The highest BCUT2D eigenvalue weighted by Gasteiger charge is 2.26. The Morgan fingerprint density at radius 1 is 1.21 bits per heavy atom. The number of fused-ring (bicyclic) bond motifs is 1. The highest BCUT2D eigenvalue weighted by molar-refractivity contribution is 8.00. The summed E-state index contributed by atoms with van der Waals surface area (Å²) >= 11 is 2.11. The molecule has 1 unspecified atom stereocenters. The third kappa shape index (κ3) is 2.14. The number of hydrogen-bond donors (Lipinski definition) is 0. The van der Waals surface area contributed by atoms with Gasteiger partial charge in [0.15, 0.2) is 0 Å². The Morgan fingerprint density at radius 2 is 1.93 bits per heavy atom. The van der Waals surface area contributed by atoms with Crippen molar-refractivity contribution in [1.82, 2.24) is 0 Å². The van der Waals surface area contributed by atoms with Gasteiger partial charge in [0.05, 0.1) is 0 Å². The van der Waals surface area contributed by atoms with Gasteiger partial charge in [-0.05, 0) is 24.0 Å². The predicted molar refractivity (Wildman–Crippen MR) is 64.8 cm³/mol. The van der Waals surface area contributed by atoms with Crippen molar-refractivity contribution in [3.63, 3.8) is 0 Å². The minimum absolute atomic E-state index is 0.377. The van der Waals surface area contributed by atoms with Gasteiger partial charge >= 0.3 is 0 Å². The number of aryl methyl sites for hydroxylation is 1. The maximum absolute atomic E-state index is 2.30. The van der Waals surface area contributed by atoms with E-state index in [0.717, 1.165) is 5.25 Å². The fraction of sp³-hybridized carbons (Fsp3) is 0.538. The molecule has 14 heavy (non-hydrogen) atoms. The van der Waals surface area contributed by atoms with E-state index in [1.54, 1.807) is 11.1 Å². The van der Waals surface area contributed by atoms with Crippen LogP contribution in [0, 0.1) is 0 Å². The van der Waals surface area contributed by atoms with Crippen molar-refractivity contribution in [3.8, 4) is 0 Å². The third-order valence-electron chi connectivity index (χ3n) is 2.57. The molecule has 0 heterocycles. The molecule has 1 aliphatic rings. The Hall–Kier alpha value is -0.430. The van der Waals surface area contributed by atoms with Gasteiger partial charge < -0.3 is 0 Å². The maximum atomic E-state index is 2.30. The van der Waals surface area contributed by atoms with Crippen LogP contribution >= 0.6 is 11.8 Å². The molecule has 0 amide bonds. The minimum Gasteiger partial charge on any atom is -0.148 e. The van der Waals surface area contributed by atoms with E-state index in [4.69, 9.17) is 0 Å². The van der Waals surface area contributed by atoms with E-state index in [-0.39, 0.29) is 0 Å². The van der Waals surface area contributed by atoms with Crippen LogP contribution in [-0.2, 0) is 6.42 Å². The Morgan fingerprint density at radius 3 is 2.64 bits per heavy atom. The second-order valence-corrected chi connectivity index (χ2v) is 6.99. The molecule has 0 saturated heterocycles. The van der Waals surface area contributed by atoms with Crippen molar-refractivity contribution in [2.45, 2.75) is 43.6 Å². The summed E-state index contributed by atoms with van der Waals surface area (Å²) in [4.78, 5) is 0. The van der Waals surface area contributed by atoms with Crippen LogP contribution in [0.2, 0.25) is 0 Å². The molecule has 0 aliphatic heterocycles. The smallest absolute Gasteiger partial charge is 0.0308 e. The first-order chi connectivity index (χ1) is 6.56. The number of benzene rings is 1. The quantitative estimate of drug-likeness (QED) is 0.663. The van der Waals surface area contributed by atoms with Gasteiger partial charge in [-0.25, -0.2) is 0 Å². The van der Waals surface area contributed by atoms with E-state index < -0.39 is 0 Å². The standard InChI is InChI=1S/C13H18S/c1-13(2,3)14-12-9-8-10-6-4-5-7-11(10)12/h4-7,12H,8-9H2,1-3H3. The molecule has 0 radical (unpaired) electrons. The van der Waals surface area contributed by atoms with Crippen LogP contribution in [0.3, 0.4) is 0 Å². The van der Waals surface area contributed by atoms with Crippen LogP contribution in [0.5, 0.6) is 0 Å². The number of hydrogen-bond acceptors (Lipinski definition) is 1. The fourth-order valence-electron chi connectivity index (χ4n) is 2.07. The molecule has 1 aliphatic carbocycles. The lowest BCUT2D eigenvalue weighted by Crippen LogP contribution is -2.09. The summed E-state index contributed by atoms with van der Waals surface area (Å²) in [6.45, 7) is 6.91. The molecular weight excluding hydrogens is 188 g/mol. The van der Waals surface area contributed by atoms with Crippen LogP contribution in [0.15, 0.2) is 24.3 Å². The molecule has 1 atom stereocenters. The van der Waals surface area contributed by atoms with Gasteiger partial charge in [0, 0.05) is 10.00 Å². The first kappa shape index (κ1) is 10.1. The van der Waals surface area contributed by atoms with Gasteiger partial charge in [-0.1, -0.05) is 45.0 Å². The van der Waals surface area contributed by atoms with Crippen molar-refractivity contribution < 1.29 is 0 Å². The van der Waals surface area contributed by atoms with Crippen LogP contribution in [0.1, 0.15) is 43.6 Å². The predicted octanol–water partition coefficient (Wildman–Crippen LogP) is 4.21. The first-order valence-corrected chi connectivity index (χ1v) is 6.20. The molecule has 1 heteroatoms. The summed E-state index contributed by atoms with van der Waals surface area (Å²) in [5, 5.41) is 0.728. The van der Waals surface area contributed by atoms with Crippen LogP contribution in [0.4, 0.5) is 0 Å². The molecular formula is C13H18S. The summed E-state index contributed by atoms with van der Waals surface area (Å²) in [6.07, 6.45) is 2.59. The largest absolute Gasteiger partial charge is 0.148 e. The SMILES string of the molecule is CC(C)(C)SC1CCc2ccccc21. The van der Waals surface area contributed by atoms with Crippen LogP contribution in [-0.4, -0.2) is 4.75 Å². The average molecular weight is 206 g/mol. The summed E-state index contributed by atoms with van der Waals surface area (Å²) in [5.41, 5.74) is 3.14. The average Bonchev–Trinajstić information content (AvgIpc) is 2.47. The van der Waals surface area contributed by atoms with Crippen molar-refractivity contribution in [2.24, 2.45) is 0 Å². The van der Waals surface area contributed by atoms with E-state index in [2.05, 4.69) is 56.8 Å². The van der Waals surface area contributed by atoms with Gasteiger partial charge in [-0.2, -0.15) is 0 Å². The highest BCUT2D eigenvalue weighted by atomic mass is 32.2. The van der Waals surface area contributed by atoms with E-state index in [1.165, 1.54) is 12.8 Å². The van der Waals surface area contributed by atoms with Gasteiger partial charge in [0.25, 0.3) is 0 Å². The molecule has 0 spiro atoms. The minimum atomic E-state index is 0.377. The molecule has 0 bridgehead atoms. The van der Waals surface area contributed by atoms with Crippen molar-refractivity contribution in [3.05, 3.63) is 35.4 Å². The Bertz CT molecular complexity index is 322. The first-order valence-electron chi connectivity index (χ1n) is 5.32. The van der Waals surface area contributed by atoms with Crippen molar-refractivity contribution in [2.75, 3.05) is 0 Å². The molecule has 0 nitrogen and oxygen atoms in total. The van der Waals surface area contributed by atoms with Crippen molar-refractivity contribution in [1.29, 1.82) is 0 Å². The zero-order chi connectivity index (χ0) is 10.2. The van der Waals surface area contributed by atoms with Crippen LogP contribution < -0.4 is 0 Å². The Kier molecular flexibility index (Phi) is 2.61. The lowest BCUT2D eigenvalue weighted by molar-refractivity contribution is 0.781. The van der Waals surface area contributed by atoms with Crippen LogP contribution in [0.25, 0.3) is 0 Å². The summed E-state index contributed by atoms with van der Waals surface area (Å²) in [5.74, 6) is 0. The van der Waals surface area contributed by atoms with E-state index in [0.29, 0.717) is 4.75 Å². The lowest BCUT2D eigenvalue weighted by Gasteiger charge is -2.23. The fourth-order valence-corrected chi connectivity index (χ4v) is 3.51. The molecule has 76 valence electrons. The normalized spacial score (nSPS) is 20.9. The second kappa shape index (κ2) is 3.62. The maximum Gasteiger partial charge on any atom is 0.0308 e. The zero-order valence-electron chi connectivity index (χ0n) is 9.21. The molecule has 2 rings (SSSR count). The van der Waals surface area contributed by atoms with E-state index in [9.17, 15) is 0 Å². The number of rotatable bonds is 1. The van der Waals surface area contributed by atoms with Gasteiger partial charge in [0.1, 0.15) is 0 Å². The molecule has 0 saturated carbocycles. The Labute approximate surface area is 91.1 Å².